The lowest BCUT2D eigenvalue weighted by Gasteiger charge is -2.43. The van der Waals surface area contributed by atoms with Gasteiger partial charge in [0.15, 0.2) is 0 Å². The summed E-state index contributed by atoms with van der Waals surface area (Å²) in [5, 5.41) is 6.82. The Hall–Kier alpha value is -0.490. The first-order valence-corrected chi connectivity index (χ1v) is 8.02. The quantitative estimate of drug-likeness (QED) is 0.834. The van der Waals surface area contributed by atoms with Crippen LogP contribution in [0.25, 0.3) is 0 Å². The maximum atomic E-state index is 6.17. The Kier molecular flexibility index (Phi) is 5.76. The highest BCUT2D eigenvalue weighted by molar-refractivity contribution is 7.09. The lowest BCUT2D eigenvalue weighted by atomic mass is 9.84. The predicted molar refractivity (Wildman–Crippen MR) is 77.7 cm³/mol. The number of hydrogen-bond donors (Lipinski definition) is 1. The van der Waals surface area contributed by atoms with Gasteiger partial charge in [-0.05, 0) is 13.5 Å². The molecule has 0 spiro atoms. The van der Waals surface area contributed by atoms with Crippen LogP contribution in [0.1, 0.15) is 31.7 Å². The second kappa shape index (κ2) is 7.33. The van der Waals surface area contributed by atoms with E-state index in [2.05, 4.69) is 24.1 Å². The van der Waals surface area contributed by atoms with E-state index in [1.165, 1.54) is 5.01 Å². The fraction of sp³-hybridized carbons (Fsp3) is 0.786. The summed E-state index contributed by atoms with van der Waals surface area (Å²) in [7, 11) is 0. The topological polar surface area (TPSA) is 43.4 Å². The normalized spacial score (nSPS) is 20.3. The molecule has 108 valence electrons. The number of hydrogen-bond acceptors (Lipinski definition) is 5. The molecule has 0 aliphatic carbocycles. The van der Waals surface area contributed by atoms with Crippen molar-refractivity contribution in [2.24, 2.45) is 0 Å². The minimum atomic E-state index is -0.102. The summed E-state index contributed by atoms with van der Waals surface area (Å²) in [6, 6.07) is 0.312. The van der Waals surface area contributed by atoms with Crippen molar-refractivity contribution in [3.63, 3.8) is 0 Å². The number of ether oxygens (including phenoxy) is 2. The molecule has 1 aromatic heterocycles. The molecule has 1 fully saturated rings. The van der Waals surface area contributed by atoms with Gasteiger partial charge < -0.3 is 14.8 Å². The highest BCUT2D eigenvalue weighted by atomic mass is 32.1. The molecular weight excluding hydrogens is 260 g/mol. The van der Waals surface area contributed by atoms with Crippen LogP contribution < -0.4 is 5.32 Å². The van der Waals surface area contributed by atoms with Crippen molar-refractivity contribution in [2.75, 3.05) is 26.4 Å². The third-order valence-electron chi connectivity index (χ3n) is 3.72. The highest BCUT2D eigenvalue weighted by Crippen LogP contribution is 2.31. The summed E-state index contributed by atoms with van der Waals surface area (Å²) in [5.41, 5.74) is -0.102. The summed E-state index contributed by atoms with van der Waals surface area (Å²) < 4.78 is 11.7. The van der Waals surface area contributed by atoms with E-state index < -0.39 is 0 Å². The van der Waals surface area contributed by atoms with Gasteiger partial charge in [0.2, 0.25) is 0 Å². The average Bonchev–Trinajstić information content (AvgIpc) is 2.93. The van der Waals surface area contributed by atoms with E-state index in [4.69, 9.17) is 9.47 Å². The van der Waals surface area contributed by atoms with Crippen LogP contribution in [-0.4, -0.2) is 43.0 Å². The molecule has 0 aromatic carbocycles. The molecule has 0 radical (unpaired) electrons. The van der Waals surface area contributed by atoms with Gasteiger partial charge in [-0.25, -0.2) is 4.98 Å². The van der Waals surface area contributed by atoms with Gasteiger partial charge >= 0.3 is 0 Å². The SMILES string of the molecule is CCNC(Cc1nccs1)C1(OCC)CCOCC1. The zero-order valence-corrected chi connectivity index (χ0v) is 12.7. The Bertz CT molecular complexity index is 345. The van der Waals surface area contributed by atoms with Crippen molar-refractivity contribution in [1.29, 1.82) is 0 Å². The Labute approximate surface area is 119 Å². The number of nitrogens with one attached hydrogen (secondary N) is 1. The van der Waals surface area contributed by atoms with Gasteiger partial charge in [-0.3, -0.25) is 0 Å². The van der Waals surface area contributed by atoms with E-state index in [9.17, 15) is 0 Å². The van der Waals surface area contributed by atoms with Crippen LogP contribution in [0.3, 0.4) is 0 Å². The van der Waals surface area contributed by atoms with E-state index in [1.54, 1.807) is 11.3 Å². The third-order valence-corrected chi connectivity index (χ3v) is 4.52. The van der Waals surface area contributed by atoms with Crippen molar-refractivity contribution < 1.29 is 9.47 Å². The second-order valence-electron chi connectivity index (χ2n) is 4.85. The fourth-order valence-electron chi connectivity index (χ4n) is 2.82. The highest BCUT2D eigenvalue weighted by Gasteiger charge is 2.41. The molecule has 1 aliphatic heterocycles. The van der Waals surface area contributed by atoms with Crippen molar-refractivity contribution in [3.05, 3.63) is 16.6 Å². The smallest absolute Gasteiger partial charge is 0.0941 e. The van der Waals surface area contributed by atoms with E-state index >= 15 is 0 Å². The van der Waals surface area contributed by atoms with Crippen LogP contribution in [0, 0.1) is 0 Å². The lowest BCUT2D eigenvalue weighted by molar-refractivity contribution is -0.126. The first-order chi connectivity index (χ1) is 9.30. The average molecular weight is 284 g/mol. The summed E-state index contributed by atoms with van der Waals surface area (Å²) in [6.07, 6.45) is 4.74. The lowest BCUT2D eigenvalue weighted by Crippen LogP contribution is -2.56. The fourth-order valence-corrected chi connectivity index (χ4v) is 3.48. The number of rotatable bonds is 7. The zero-order valence-electron chi connectivity index (χ0n) is 11.9. The van der Waals surface area contributed by atoms with Gasteiger partial charge in [0, 0.05) is 56.7 Å². The first kappa shape index (κ1) is 14.9. The van der Waals surface area contributed by atoms with Gasteiger partial charge in [-0.2, -0.15) is 0 Å². The molecule has 0 saturated carbocycles. The maximum Gasteiger partial charge on any atom is 0.0941 e. The number of nitrogens with zero attached hydrogens (tertiary/aromatic N) is 1. The van der Waals surface area contributed by atoms with Crippen molar-refractivity contribution in [1.82, 2.24) is 10.3 Å². The Morgan fingerprint density at radius 2 is 2.26 bits per heavy atom. The Morgan fingerprint density at radius 1 is 1.47 bits per heavy atom. The van der Waals surface area contributed by atoms with Crippen LogP contribution in [-0.2, 0) is 15.9 Å². The molecule has 19 heavy (non-hydrogen) atoms. The molecule has 1 aliphatic rings. The summed E-state index contributed by atoms with van der Waals surface area (Å²) >= 11 is 1.72. The van der Waals surface area contributed by atoms with Crippen molar-refractivity contribution in [2.45, 2.75) is 44.8 Å². The van der Waals surface area contributed by atoms with E-state index in [1.807, 2.05) is 11.6 Å². The molecule has 2 rings (SSSR count). The van der Waals surface area contributed by atoms with Crippen molar-refractivity contribution in [3.8, 4) is 0 Å². The summed E-state index contributed by atoms with van der Waals surface area (Å²) in [6.45, 7) is 7.50. The molecule has 1 unspecified atom stereocenters. The van der Waals surface area contributed by atoms with E-state index in [-0.39, 0.29) is 5.60 Å². The molecule has 4 nitrogen and oxygen atoms in total. The van der Waals surface area contributed by atoms with Gasteiger partial charge in [0.25, 0.3) is 0 Å². The molecule has 0 amide bonds. The summed E-state index contributed by atoms with van der Waals surface area (Å²) in [5.74, 6) is 0. The van der Waals surface area contributed by atoms with Gasteiger partial charge in [0.1, 0.15) is 0 Å². The zero-order chi connectivity index (χ0) is 13.6. The van der Waals surface area contributed by atoms with Crippen LogP contribution in [0.5, 0.6) is 0 Å². The predicted octanol–water partition coefficient (Wildman–Crippen LogP) is 2.25. The molecule has 1 aromatic rings. The molecular formula is C14H24N2O2S. The van der Waals surface area contributed by atoms with Crippen LogP contribution >= 0.6 is 11.3 Å². The number of thiazole rings is 1. The monoisotopic (exact) mass is 284 g/mol. The Balaban J connectivity index is 2.12. The van der Waals surface area contributed by atoms with Gasteiger partial charge in [0.05, 0.1) is 10.6 Å². The number of aromatic nitrogens is 1. The summed E-state index contributed by atoms with van der Waals surface area (Å²) in [4.78, 5) is 4.42. The van der Waals surface area contributed by atoms with Gasteiger partial charge in [-0.15, -0.1) is 11.3 Å². The number of likely N-dealkylation sites (N-methyl/N-ethyl adjacent to an activating group) is 1. The van der Waals surface area contributed by atoms with Crippen LogP contribution in [0.2, 0.25) is 0 Å². The molecule has 1 atom stereocenters. The molecule has 5 heteroatoms. The van der Waals surface area contributed by atoms with Gasteiger partial charge in [-0.1, -0.05) is 6.92 Å². The maximum absolute atomic E-state index is 6.17. The van der Waals surface area contributed by atoms with Crippen LogP contribution in [0.4, 0.5) is 0 Å². The standard InChI is InChI=1S/C14H24N2O2S/c1-3-15-12(11-13-16-7-10-19-13)14(18-4-2)5-8-17-9-6-14/h7,10,12,15H,3-6,8-9,11H2,1-2H3. The first-order valence-electron chi connectivity index (χ1n) is 7.14. The van der Waals surface area contributed by atoms with Crippen molar-refractivity contribution >= 4 is 11.3 Å². The largest absolute Gasteiger partial charge is 0.381 e. The second-order valence-corrected chi connectivity index (χ2v) is 5.83. The molecule has 1 N–H and O–H groups in total. The van der Waals surface area contributed by atoms with E-state index in [0.717, 1.165) is 45.6 Å². The van der Waals surface area contributed by atoms with Crippen LogP contribution in [0.15, 0.2) is 11.6 Å². The molecule has 1 saturated heterocycles. The minimum Gasteiger partial charge on any atom is -0.381 e. The minimum absolute atomic E-state index is 0.102. The van der Waals surface area contributed by atoms with E-state index in [0.29, 0.717) is 6.04 Å². The molecule has 0 bridgehead atoms. The Morgan fingerprint density at radius 3 is 2.84 bits per heavy atom. The third kappa shape index (κ3) is 3.75. The molecule has 2 heterocycles.